The van der Waals surface area contributed by atoms with E-state index in [9.17, 15) is 14.7 Å². The molecule has 1 heterocycles. The van der Waals surface area contributed by atoms with Gasteiger partial charge in [-0.25, -0.2) is 4.79 Å². The molecule has 1 fully saturated rings. The predicted octanol–water partition coefficient (Wildman–Crippen LogP) is 2.12. The van der Waals surface area contributed by atoms with Gasteiger partial charge in [0, 0.05) is 13.1 Å². The van der Waals surface area contributed by atoms with Gasteiger partial charge in [-0.1, -0.05) is 12.1 Å². The number of carbonyl (C=O) groups is 2. The second-order valence-electron chi connectivity index (χ2n) is 4.86. The van der Waals surface area contributed by atoms with Crippen LogP contribution < -0.4 is 0 Å². The van der Waals surface area contributed by atoms with Gasteiger partial charge < -0.3 is 19.8 Å². The van der Waals surface area contributed by atoms with Crippen molar-refractivity contribution in [1.82, 2.24) is 4.90 Å². The fourth-order valence-corrected chi connectivity index (χ4v) is 2.03. The lowest BCUT2D eigenvalue weighted by molar-refractivity contribution is -0.131. The van der Waals surface area contributed by atoms with Crippen LogP contribution in [-0.4, -0.2) is 53.3 Å². The first-order valence-electron chi connectivity index (χ1n) is 7.01. The molecule has 1 aliphatic heterocycles. The second-order valence-corrected chi connectivity index (χ2v) is 4.86. The lowest BCUT2D eigenvalue weighted by Crippen LogP contribution is -2.41. The van der Waals surface area contributed by atoms with E-state index in [-0.39, 0.29) is 22.7 Å². The zero-order valence-electron chi connectivity index (χ0n) is 12.6. The minimum atomic E-state index is -1.15. The molecule has 8 heteroatoms. The molecule has 1 saturated heterocycles. The molecule has 0 radical (unpaired) electrons. The molecule has 0 spiro atoms. The molecule has 0 aromatic heterocycles. The van der Waals surface area contributed by atoms with E-state index in [0.29, 0.717) is 26.3 Å². The van der Waals surface area contributed by atoms with Crippen LogP contribution in [-0.2, 0) is 9.53 Å². The molecule has 2 rings (SSSR count). The van der Waals surface area contributed by atoms with E-state index >= 15 is 0 Å². The molecule has 122 valence electrons. The summed E-state index contributed by atoms with van der Waals surface area (Å²) in [6.07, 6.45) is 0. The number of ether oxygens (including phenoxy) is 1. The van der Waals surface area contributed by atoms with Crippen LogP contribution in [0, 0.1) is 0 Å². The summed E-state index contributed by atoms with van der Waals surface area (Å²) in [6.45, 7) is 2.97. The van der Waals surface area contributed by atoms with Crippen LogP contribution >= 0.6 is 0 Å². The molecule has 0 atom stereocenters. The largest absolute Gasteiger partial charge is 0.510 e. The summed E-state index contributed by atoms with van der Waals surface area (Å²) in [4.78, 5) is 25.0. The van der Waals surface area contributed by atoms with E-state index in [1.165, 1.54) is 24.0 Å². The highest BCUT2D eigenvalue weighted by atomic mass is 16.5. The first-order valence-corrected chi connectivity index (χ1v) is 7.01. The van der Waals surface area contributed by atoms with Crippen molar-refractivity contribution in [2.45, 2.75) is 6.92 Å². The van der Waals surface area contributed by atoms with E-state index in [1.807, 2.05) is 0 Å². The summed E-state index contributed by atoms with van der Waals surface area (Å²) in [5, 5.41) is 26.4. The molecule has 0 unspecified atom stereocenters. The third-order valence-corrected chi connectivity index (χ3v) is 3.24. The van der Waals surface area contributed by atoms with E-state index in [0.717, 1.165) is 0 Å². The van der Waals surface area contributed by atoms with Gasteiger partial charge in [0.2, 0.25) is 0 Å². The van der Waals surface area contributed by atoms with Crippen molar-refractivity contribution in [1.29, 1.82) is 0 Å². The normalized spacial score (nSPS) is 16.3. The number of aliphatic hydroxyl groups excluding tert-OH is 1. The molecule has 1 amide bonds. The van der Waals surface area contributed by atoms with Gasteiger partial charge in [0.05, 0.1) is 18.8 Å². The number of rotatable bonds is 4. The fourth-order valence-electron chi connectivity index (χ4n) is 2.03. The van der Waals surface area contributed by atoms with Crippen molar-refractivity contribution < 1.29 is 24.5 Å². The van der Waals surface area contributed by atoms with Gasteiger partial charge in [-0.3, -0.25) is 4.79 Å². The van der Waals surface area contributed by atoms with Gasteiger partial charge >= 0.3 is 5.97 Å². The van der Waals surface area contributed by atoms with Crippen LogP contribution in [0.25, 0.3) is 0 Å². The zero-order valence-corrected chi connectivity index (χ0v) is 12.6. The molecule has 1 aliphatic rings. The number of aromatic carboxylic acids is 1. The number of morpholine rings is 1. The molecule has 0 bridgehead atoms. The maximum Gasteiger partial charge on any atom is 0.337 e. The smallest absolute Gasteiger partial charge is 0.337 e. The topological polar surface area (TPSA) is 112 Å². The number of azo groups is 1. The van der Waals surface area contributed by atoms with Crippen LogP contribution in [0.5, 0.6) is 0 Å². The van der Waals surface area contributed by atoms with Crippen molar-refractivity contribution in [2.24, 2.45) is 10.2 Å². The summed E-state index contributed by atoms with van der Waals surface area (Å²) in [5.41, 5.74) is -0.148. The Bertz CT molecular complexity index is 659. The molecule has 1 aromatic rings. The van der Waals surface area contributed by atoms with E-state index in [4.69, 9.17) is 9.84 Å². The van der Waals surface area contributed by atoms with Gasteiger partial charge in [0.1, 0.15) is 11.4 Å². The minimum Gasteiger partial charge on any atom is -0.510 e. The predicted molar refractivity (Wildman–Crippen MR) is 80.6 cm³/mol. The lowest BCUT2D eigenvalue weighted by Gasteiger charge is -2.26. The fraction of sp³-hybridized carbons (Fsp3) is 0.333. The summed E-state index contributed by atoms with van der Waals surface area (Å²) in [6, 6.07) is 6.03. The Morgan fingerprint density at radius 2 is 1.83 bits per heavy atom. The maximum atomic E-state index is 12.4. The van der Waals surface area contributed by atoms with Crippen LogP contribution in [0.3, 0.4) is 0 Å². The first-order chi connectivity index (χ1) is 11.0. The molecule has 1 aromatic carbocycles. The van der Waals surface area contributed by atoms with Crippen LogP contribution in [0.2, 0.25) is 0 Å². The minimum absolute atomic E-state index is 0.0370. The molecule has 8 nitrogen and oxygen atoms in total. The number of hydrogen-bond donors (Lipinski definition) is 2. The number of hydrogen-bond acceptors (Lipinski definition) is 6. The number of allylic oxidation sites excluding steroid dienone is 1. The van der Waals surface area contributed by atoms with Crippen molar-refractivity contribution in [3.05, 3.63) is 41.3 Å². The third kappa shape index (κ3) is 4.13. The summed E-state index contributed by atoms with van der Waals surface area (Å²) < 4.78 is 5.17. The Morgan fingerprint density at radius 3 is 2.43 bits per heavy atom. The van der Waals surface area contributed by atoms with Gasteiger partial charge in [0.15, 0.2) is 5.70 Å². The Morgan fingerprint density at radius 1 is 1.17 bits per heavy atom. The zero-order chi connectivity index (χ0) is 16.8. The molecule has 0 saturated carbocycles. The van der Waals surface area contributed by atoms with Crippen molar-refractivity contribution in [3.63, 3.8) is 0 Å². The van der Waals surface area contributed by atoms with E-state index in [2.05, 4.69) is 10.2 Å². The SMILES string of the molecule is C/C(O)=C(\N=Nc1ccccc1C(=O)O)C(=O)N1CCOCC1. The Kier molecular flexibility index (Phi) is 5.42. The Hall–Kier alpha value is -2.74. The number of carboxylic acid groups (broad SMARTS) is 1. The number of aliphatic hydroxyl groups is 1. The number of nitrogens with zero attached hydrogens (tertiary/aromatic N) is 3. The van der Waals surface area contributed by atoms with E-state index in [1.54, 1.807) is 12.1 Å². The first kappa shape index (κ1) is 16.6. The molecule has 2 N–H and O–H groups in total. The van der Waals surface area contributed by atoms with Crippen molar-refractivity contribution in [2.75, 3.05) is 26.3 Å². The number of carbonyl (C=O) groups excluding carboxylic acids is 1. The molecular weight excluding hydrogens is 302 g/mol. The van der Waals surface area contributed by atoms with Gasteiger partial charge in [-0.2, -0.15) is 0 Å². The maximum absolute atomic E-state index is 12.4. The molecular formula is C15H17N3O5. The van der Waals surface area contributed by atoms with E-state index < -0.39 is 11.9 Å². The van der Waals surface area contributed by atoms with Crippen LogP contribution in [0.15, 0.2) is 46.0 Å². The lowest BCUT2D eigenvalue weighted by atomic mass is 10.2. The summed E-state index contributed by atoms with van der Waals surface area (Å²) >= 11 is 0. The molecule has 23 heavy (non-hydrogen) atoms. The number of carboxylic acids is 1. The van der Waals surface area contributed by atoms with Gasteiger partial charge in [-0.05, 0) is 19.1 Å². The van der Waals surface area contributed by atoms with Crippen LogP contribution in [0.4, 0.5) is 5.69 Å². The second kappa shape index (κ2) is 7.50. The van der Waals surface area contributed by atoms with Gasteiger partial charge in [-0.15, -0.1) is 10.2 Å². The third-order valence-electron chi connectivity index (χ3n) is 3.24. The van der Waals surface area contributed by atoms with Crippen molar-refractivity contribution >= 4 is 17.6 Å². The summed E-state index contributed by atoms with van der Waals surface area (Å²) in [5.74, 6) is -1.90. The quantitative estimate of drug-likeness (QED) is 0.501. The van der Waals surface area contributed by atoms with Gasteiger partial charge in [0.25, 0.3) is 5.91 Å². The average Bonchev–Trinajstić information content (AvgIpc) is 2.55. The average molecular weight is 319 g/mol. The molecule has 0 aliphatic carbocycles. The summed E-state index contributed by atoms with van der Waals surface area (Å²) in [7, 11) is 0. The number of benzene rings is 1. The standard InChI is InChI=1S/C15H17N3O5/c1-10(19)13(14(20)18-6-8-23-9-7-18)17-16-12-5-3-2-4-11(12)15(21)22/h2-5,19H,6-9H2,1H3,(H,21,22)/b13-10+,17-16?. The highest BCUT2D eigenvalue weighted by Gasteiger charge is 2.23. The Balaban J connectivity index is 2.25. The highest BCUT2D eigenvalue weighted by Crippen LogP contribution is 2.21. The van der Waals surface area contributed by atoms with Crippen LogP contribution in [0.1, 0.15) is 17.3 Å². The van der Waals surface area contributed by atoms with Crippen molar-refractivity contribution in [3.8, 4) is 0 Å². The highest BCUT2D eigenvalue weighted by molar-refractivity contribution is 5.94. The Labute approximate surface area is 132 Å². The number of amides is 1. The monoisotopic (exact) mass is 319 g/mol.